The van der Waals surface area contributed by atoms with Gasteiger partial charge in [-0.2, -0.15) is 0 Å². The number of aryl methyl sites for hydroxylation is 1. The molecule has 0 radical (unpaired) electrons. The van der Waals surface area contributed by atoms with Gasteiger partial charge in [-0.3, -0.25) is 0 Å². The molecule has 1 saturated carbocycles. The molecule has 1 aromatic rings. The van der Waals surface area contributed by atoms with E-state index in [4.69, 9.17) is 0 Å². The van der Waals surface area contributed by atoms with E-state index in [1.54, 1.807) is 0 Å². The number of hydrogen-bond donors (Lipinski definition) is 1. The summed E-state index contributed by atoms with van der Waals surface area (Å²) < 4.78 is 13.3. The van der Waals surface area contributed by atoms with Crippen LogP contribution in [0.15, 0.2) is 22.7 Å². The molecule has 0 aliphatic heterocycles. The molecule has 0 unspecified atom stereocenters. The average Bonchev–Trinajstić information content (AvgIpc) is 3.00. The molecule has 1 aliphatic rings. The lowest BCUT2D eigenvalue weighted by atomic mass is 10.0. The lowest BCUT2D eigenvalue weighted by Crippen LogP contribution is -2.30. The minimum atomic E-state index is -0.294. The fraction of sp³-hybridized carbons (Fsp3) is 0.500. The second kappa shape index (κ2) is 4.22. The van der Waals surface area contributed by atoms with Crippen molar-refractivity contribution >= 4 is 15.9 Å². The van der Waals surface area contributed by atoms with Crippen molar-refractivity contribution in [3.05, 3.63) is 33.8 Å². The van der Waals surface area contributed by atoms with Crippen molar-refractivity contribution in [3.8, 4) is 0 Å². The highest BCUT2D eigenvalue weighted by Gasteiger charge is 2.43. The van der Waals surface area contributed by atoms with Gasteiger partial charge in [-0.05, 0) is 37.0 Å². The Kier molecular flexibility index (Phi) is 3.12. The Bertz CT molecular complexity index is 361. The van der Waals surface area contributed by atoms with Crippen LogP contribution in [0.2, 0.25) is 0 Å². The zero-order valence-corrected chi connectivity index (χ0v) is 10.4. The van der Waals surface area contributed by atoms with E-state index in [-0.39, 0.29) is 12.2 Å². The SMILES string of the molecule is Cc1cc(C2(NCCF)CC2)ccc1Br. The van der Waals surface area contributed by atoms with E-state index < -0.39 is 0 Å². The van der Waals surface area contributed by atoms with E-state index in [1.165, 1.54) is 11.1 Å². The molecule has 0 amide bonds. The molecule has 0 heterocycles. The Morgan fingerprint density at radius 2 is 2.20 bits per heavy atom. The standard InChI is InChI=1S/C12H15BrFN/c1-9-8-10(2-3-11(9)13)12(4-5-12)15-7-6-14/h2-3,8,15H,4-7H2,1H3. The first-order chi connectivity index (χ1) is 7.18. The molecule has 0 atom stereocenters. The van der Waals surface area contributed by atoms with Gasteiger partial charge >= 0.3 is 0 Å². The smallest absolute Gasteiger partial charge is 0.102 e. The largest absolute Gasteiger partial charge is 0.305 e. The summed E-state index contributed by atoms with van der Waals surface area (Å²) in [5.74, 6) is 0. The molecule has 3 heteroatoms. The molecule has 1 aliphatic carbocycles. The molecule has 0 bridgehead atoms. The fourth-order valence-electron chi connectivity index (χ4n) is 1.92. The second-order valence-corrected chi connectivity index (χ2v) is 5.02. The van der Waals surface area contributed by atoms with Crippen LogP contribution in [0.1, 0.15) is 24.0 Å². The van der Waals surface area contributed by atoms with Crippen molar-refractivity contribution in [1.82, 2.24) is 5.32 Å². The number of nitrogens with one attached hydrogen (secondary N) is 1. The summed E-state index contributed by atoms with van der Waals surface area (Å²) in [7, 11) is 0. The molecule has 0 spiro atoms. The van der Waals surface area contributed by atoms with Crippen LogP contribution >= 0.6 is 15.9 Å². The molecule has 1 fully saturated rings. The lowest BCUT2D eigenvalue weighted by molar-refractivity contribution is 0.425. The Morgan fingerprint density at radius 3 is 2.73 bits per heavy atom. The van der Waals surface area contributed by atoms with Crippen molar-refractivity contribution in [2.75, 3.05) is 13.2 Å². The zero-order chi connectivity index (χ0) is 10.9. The Hall–Kier alpha value is -0.410. The van der Waals surface area contributed by atoms with Crippen LogP contribution < -0.4 is 5.32 Å². The van der Waals surface area contributed by atoms with E-state index >= 15 is 0 Å². The Balaban J connectivity index is 2.18. The third kappa shape index (κ3) is 2.23. The maximum absolute atomic E-state index is 12.1. The van der Waals surface area contributed by atoms with E-state index in [9.17, 15) is 4.39 Å². The fourth-order valence-corrected chi connectivity index (χ4v) is 2.17. The molecule has 2 rings (SSSR count). The average molecular weight is 272 g/mol. The topological polar surface area (TPSA) is 12.0 Å². The second-order valence-electron chi connectivity index (χ2n) is 4.16. The number of hydrogen-bond acceptors (Lipinski definition) is 1. The third-order valence-electron chi connectivity index (χ3n) is 3.02. The van der Waals surface area contributed by atoms with Crippen molar-refractivity contribution in [3.63, 3.8) is 0 Å². The van der Waals surface area contributed by atoms with Gasteiger partial charge in [-0.25, -0.2) is 4.39 Å². The van der Waals surface area contributed by atoms with Gasteiger partial charge in [0.05, 0.1) is 0 Å². The first-order valence-electron chi connectivity index (χ1n) is 5.25. The van der Waals surface area contributed by atoms with Gasteiger partial charge in [-0.1, -0.05) is 28.1 Å². The predicted molar refractivity (Wildman–Crippen MR) is 63.8 cm³/mol. The van der Waals surface area contributed by atoms with Crippen LogP contribution in [-0.2, 0) is 5.54 Å². The highest BCUT2D eigenvalue weighted by Crippen LogP contribution is 2.45. The Morgan fingerprint density at radius 1 is 1.47 bits per heavy atom. The highest BCUT2D eigenvalue weighted by atomic mass is 79.9. The summed E-state index contributed by atoms with van der Waals surface area (Å²) in [4.78, 5) is 0. The summed E-state index contributed by atoms with van der Waals surface area (Å²) in [6, 6.07) is 6.37. The maximum Gasteiger partial charge on any atom is 0.102 e. The van der Waals surface area contributed by atoms with Crippen LogP contribution in [0, 0.1) is 6.92 Å². The summed E-state index contributed by atoms with van der Waals surface area (Å²) in [5, 5.41) is 3.29. The molecule has 0 saturated heterocycles. The quantitative estimate of drug-likeness (QED) is 0.886. The van der Waals surface area contributed by atoms with Crippen molar-refractivity contribution in [2.45, 2.75) is 25.3 Å². The van der Waals surface area contributed by atoms with Crippen molar-refractivity contribution in [1.29, 1.82) is 0 Å². The number of rotatable bonds is 4. The van der Waals surface area contributed by atoms with E-state index in [0.717, 1.165) is 17.3 Å². The molecule has 1 aromatic carbocycles. The highest BCUT2D eigenvalue weighted by molar-refractivity contribution is 9.10. The first kappa shape index (κ1) is 11.1. The van der Waals surface area contributed by atoms with Crippen molar-refractivity contribution in [2.24, 2.45) is 0 Å². The molecule has 0 aromatic heterocycles. The van der Waals surface area contributed by atoms with Crippen LogP contribution in [0.5, 0.6) is 0 Å². The van der Waals surface area contributed by atoms with Crippen LogP contribution in [0.3, 0.4) is 0 Å². The van der Waals surface area contributed by atoms with Gasteiger partial charge in [0.1, 0.15) is 6.67 Å². The van der Waals surface area contributed by atoms with Gasteiger partial charge in [0.2, 0.25) is 0 Å². The van der Waals surface area contributed by atoms with Gasteiger partial charge < -0.3 is 5.32 Å². The van der Waals surface area contributed by atoms with Crippen LogP contribution in [-0.4, -0.2) is 13.2 Å². The molecule has 15 heavy (non-hydrogen) atoms. The predicted octanol–water partition coefficient (Wildman–Crippen LogP) is 3.31. The van der Waals surface area contributed by atoms with E-state index in [1.807, 2.05) is 0 Å². The van der Waals surface area contributed by atoms with Gasteiger partial charge in [0, 0.05) is 16.6 Å². The zero-order valence-electron chi connectivity index (χ0n) is 8.82. The van der Waals surface area contributed by atoms with Gasteiger partial charge in [-0.15, -0.1) is 0 Å². The van der Waals surface area contributed by atoms with Crippen LogP contribution in [0.4, 0.5) is 4.39 Å². The minimum absolute atomic E-state index is 0.0670. The number of alkyl halides is 1. The Labute approximate surface area is 98.2 Å². The monoisotopic (exact) mass is 271 g/mol. The maximum atomic E-state index is 12.1. The van der Waals surface area contributed by atoms with E-state index in [2.05, 4.69) is 46.4 Å². The van der Waals surface area contributed by atoms with Gasteiger partial charge in [0.15, 0.2) is 0 Å². The molecule has 82 valence electrons. The molecular weight excluding hydrogens is 257 g/mol. The molecule has 1 nitrogen and oxygen atoms in total. The van der Waals surface area contributed by atoms with Crippen LogP contribution in [0.25, 0.3) is 0 Å². The third-order valence-corrected chi connectivity index (χ3v) is 3.91. The number of halogens is 2. The summed E-state index contributed by atoms with van der Waals surface area (Å²) in [5.41, 5.74) is 2.59. The lowest BCUT2D eigenvalue weighted by Gasteiger charge is -2.17. The minimum Gasteiger partial charge on any atom is -0.305 e. The summed E-state index contributed by atoms with van der Waals surface area (Å²) in [6.07, 6.45) is 2.24. The summed E-state index contributed by atoms with van der Waals surface area (Å²) in [6.45, 7) is 2.24. The normalized spacial score (nSPS) is 17.8. The summed E-state index contributed by atoms with van der Waals surface area (Å²) >= 11 is 3.49. The van der Waals surface area contributed by atoms with E-state index in [0.29, 0.717) is 6.54 Å². The number of benzene rings is 1. The van der Waals surface area contributed by atoms with Crippen molar-refractivity contribution < 1.29 is 4.39 Å². The van der Waals surface area contributed by atoms with Gasteiger partial charge in [0.25, 0.3) is 0 Å². The molecule has 1 N–H and O–H groups in total. The molecular formula is C12H15BrFN. The first-order valence-corrected chi connectivity index (χ1v) is 6.05.